The van der Waals surface area contributed by atoms with E-state index in [0.717, 1.165) is 30.0 Å². The molecule has 1 atom stereocenters. The number of hydrogen-bond donors (Lipinski definition) is 0. The van der Waals surface area contributed by atoms with E-state index in [1.807, 2.05) is 36.4 Å². The maximum atomic E-state index is 15.5. The molecule has 8 heteroatoms. The summed E-state index contributed by atoms with van der Waals surface area (Å²) in [4.78, 5) is 22.5. The third-order valence-electron chi connectivity index (χ3n) is 7.19. The van der Waals surface area contributed by atoms with Crippen molar-refractivity contribution < 1.29 is 18.3 Å². The SMILES string of the molecule is CCN1c2cc(F)c(/C=C3/SC(=Nc4ccc(OC)cc4)N(Cc4ccco4)C3=O)cc2C(C)CC1(C)C. The Bertz CT molecular complexity index is 1400. The van der Waals surface area contributed by atoms with Gasteiger partial charge < -0.3 is 14.1 Å². The van der Waals surface area contributed by atoms with Gasteiger partial charge in [0.25, 0.3) is 5.91 Å². The first kappa shape index (κ1) is 26.1. The molecule has 1 amide bonds. The van der Waals surface area contributed by atoms with E-state index in [0.29, 0.717) is 27.1 Å². The first-order valence-corrected chi connectivity index (χ1v) is 13.6. The average Bonchev–Trinajstić information content (AvgIpc) is 3.49. The predicted molar refractivity (Wildman–Crippen MR) is 151 cm³/mol. The Labute approximate surface area is 227 Å². The fraction of sp³-hybridized carbons (Fsp3) is 0.333. The zero-order chi connectivity index (χ0) is 27.0. The Hall–Kier alpha value is -3.52. The molecule has 198 valence electrons. The molecule has 1 unspecified atom stereocenters. The van der Waals surface area contributed by atoms with Gasteiger partial charge in [0.15, 0.2) is 5.17 Å². The average molecular weight is 534 g/mol. The summed E-state index contributed by atoms with van der Waals surface area (Å²) < 4.78 is 26.2. The summed E-state index contributed by atoms with van der Waals surface area (Å²) in [5, 5.41) is 0.508. The minimum absolute atomic E-state index is 0.0516. The molecule has 1 fully saturated rings. The summed E-state index contributed by atoms with van der Waals surface area (Å²) >= 11 is 1.24. The normalized spacial score (nSPS) is 20.9. The van der Waals surface area contributed by atoms with Crippen molar-refractivity contribution in [2.45, 2.75) is 52.1 Å². The third-order valence-corrected chi connectivity index (χ3v) is 8.19. The number of hydrogen-bond acceptors (Lipinski definition) is 6. The lowest BCUT2D eigenvalue weighted by atomic mass is 9.79. The number of methoxy groups -OCH3 is 1. The molecule has 0 N–H and O–H groups in total. The molecule has 1 aromatic heterocycles. The molecule has 3 aromatic rings. The summed E-state index contributed by atoms with van der Waals surface area (Å²) in [6.07, 6.45) is 4.19. The number of benzene rings is 2. The number of anilines is 1. The second kappa shape index (κ2) is 10.3. The molecule has 3 heterocycles. The van der Waals surface area contributed by atoms with E-state index < -0.39 is 0 Å². The van der Waals surface area contributed by atoms with Crippen molar-refractivity contribution in [3.63, 3.8) is 0 Å². The molecule has 0 saturated carbocycles. The van der Waals surface area contributed by atoms with Gasteiger partial charge in [-0.2, -0.15) is 0 Å². The summed E-state index contributed by atoms with van der Waals surface area (Å²) in [5.74, 6) is 1.05. The summed E-state index contributed by atoms with van der Waals surface area (Å²) in [6, 6.07) is 14.4. The highest BCUT2D eigenvalue weighted by Gasteiger charge is 2.37. The van der Waals surface area contributed by atoms with Gasteiger partial charge in [-0.15, -0.1) is 0 Å². The number of carbonyl (C=O) groups excluding carboxylic acids is 1. The molecule has 0 radical (unpaired) electrons. The number of carbonyl (C=O) groups is 1. The molecular weight excluding hydrogens is 501 g/mol. The summed E-state index contributed by atoms with van der Waals surface area (Å²) in [7, 11) is 1.61. The molecule has 1 saturated heterocycles. The van der Waals surface area contributed by atoms with Crippen LogP contribution in [0.3, 0.4) is 0 Å². The Kier molecular flexibility index (Phi) is 7.09. The summed E-state index contributed by atoms with van der Waals surface area (Å²) in [6.45, 7) is 9.72. The number of halogens is 1. The number of amidine groups is 1. The molecule has 2 aromatic carbocycles. The minimum Gasteiger partial charge on any atom is -0.497 e. The van der Waals surface area contributed by atoms with Crippen LogP contribution in [0.15, 0.2) is 69.1 Å². The maximum Gasteiger partial charge on any atom is 0.267 e. The van der Waals surface area contributed by atoms with Gasteiger partial charge in [-0.05, 0) is 105 Å². The zero-order valence-corrected chi connectivity index (χ0v) is 23.1. The van der Waals surface area contributed by atoms with Crippen LogP contribution < -0.4 is 9.64 Å². The Morgan fingerprint density at radius 1 is 1.24 bits per heavy atom. The highest BCUT2D eigenvalue weighted by atomic mass is 32.2. The number of amides is 1. The van der Waals surface area contributed by atoms with Gasteiger partial charge in [0.05, 0.1) is 30.5 Å². The van der Waals surface area contributed by atoms with Gasteiger partial charge in [0, 0.05) is 23.3 Å². The fourth-order valence-electron chi connectivity index (χ4n) is 5.43. The van der Waals surface area contributed by atoms with E-state index in [9.17, 15) is 4.79 Å². The number of fused-ring (bicyclic) bond motifs is 1. The van der Waals surface area contributed by atoms with Crippen LogP contribution >= 0.6 is 11.8 Å². The van der Waals surface area contributed by atoms with Crippen molar-refractivity contribution in [1.29, 1.82) is 0 Å². The smallest absolute Gasteiger partial charge is 0.267 e. The second-order valence-electron chi connectivity index (χ2n) is 10.3. The first-order chi connectivity index (χ1) is 18.2. The molecule has 2 aliphatic rings. The fourth-order valence-corrected chi connectivity index (χ4v) is 6.42. The minimum atomic E-state index is -0.342. The van der Waals surface area contributed by atoms with E-state index in [2.05, 4.69) is 32.6 Å². The van der Waals surface area contributed by atoms with Crippen LogP contribution in [0, 0.1) is 5.82 Å². The van der Waals surface area contributed by atoms with Crippen molar-refractivity contribution in [3.05, 3.63) is 82.4 Å². The van der Waals surface area contributed by atoms with Crippen molar-refractivity contribution in [2.75, 3.05) is 18.6 Å². The Morgan fingerprint density at radius 2 is 2.00 bits per heavy atom. The first-order valence-electron chi connectivity index (χ1n) is 12.8. The van der Waals surface area contributed by atoms with Crippen LogP contribution in [-0.4, -0.2) is 35.2 Å². The van der Waals surface area contributed by atoms with E-state index in [-0.39, 0.29) is 29.7 Å². The van der Waals surface area contributed by atoms with E-state index >= 15 is 4.39 Å². The monoisotopic (exact) mass is 533 g/mol. The van der Waals surface area contributed by atoms with Crippen molar-refractivity contribution in [1.82, 2.24) is 4.90 Å². The van der Waals surface area contributed by atoms with Gasteiger partial charge in [-0.1, -0.05) is 6.92 Å². The summed E-state index contributed by atoms with van der Waals surface area (Å²) in [5.41, 5.74) is 3.08. The maximum absolute atomic E-state index is 15.5. The molecule has 5 rings (SSSR count). The molecule has 38 heavy (non-hydrogen) atoms. The Morgan fingerprint density at radius 3 is 2.66 bits per heavy atom. The van der Waals surface area contributed by atoms with Crippen LogP contribution in [-0.2, 0) is 11.3 Å². The highest BCUT2D eigenvalue weighted by Crippen LogP contribution is 2.45. The molecule has 0 aliphatic carbocycles. The van der Waals surface area contributed by atoms with Gasteiger partial charge >= 0.3 is 0 Å². The third kappa shape index (κ3) is 4.97. The van der Waals surface area contributed by atoms with Gasteiger partial charge in [0.1, 0.15) is 17.3 Å². The lowest BCUT2D eigenvalue weighted by Crippen LogP contribution is -2.48. The number of ether oxygens (including phenoxy) is 1. The van der Waals surface area contributed by atoms with Crippen LogP contribution in [0.25, 0.3) is 6.08 Å². The number of nitrogens with zero attached hydrogens (tertiary/aromatic N) is 3. The van der Waals surface area contributed by atoms with Crippen molar-refractivity contribution in [2.24, 2.45) is 4.99 Å². The van der Waals surface area contributed by atoms with E-state index in [1.54, 1.807) is 36.5 Å². The van der Waals surface area contributed by atoms with Crippen LogP contribution in [0.4, 0.5) is 15.8 Å². The second-order valence-corrected chi connectivity index (χ2v) is 11.3. The topological polar surface area (TPSA) is 58.3 Å². The molecule has 6 nitrogen and oxygen atoms in total. The number of rotatable bonds is 6. The Balaban J connectivity index is 1.52. The van der Waals surface area contributed by atoms with E-state index in [1.165, 1.54) is 11.8 Å². The van der Waals surface area contributed by atoms with Gasteiger partial charge in [-0.25, -0.2) is 9.38 Å². The molecule has 0 spiro atoms. The quantitative estimate of drug-likeness (QED) is 0.310. The lowest BCUT2D eigenvalue weighted by Gasteiger charge is -2.47. The number of aliphatic imine (C=N–C) groups is 1. The predicted octanol–water partition coefficient (Wildman–Crippen LogP) is 7.34. The van der Waals surface area contributed by atoms with E-state index in [4.69, 9.17) is 14.1 Å². The van der Waals surface area contributed by atoms with Crippen LogP contribution in [0.5, 0.6) is 5.75 Å². The number of furan rings is 1. The van der Waals surface area contributed by atoms with Gasteiger partial charge in [-0.3, -0.25) is 9.69 Å². The van der Waals surface area contributed by atoms with Gasteiger partial charge in [0.2, 0.25) is 0 Å². The van der Waals surface area contributed by atoms with Crippen molar-refractivity contribution >= 4 is 40.3 Å². The van der Waals surface area contributed by atoms with Crippen molar-refractivity contribution in [3.8, 4) is 5.75 Å². The molecular formula is C30H32FN3O3S. The highest BCUT2D eigenvalue weighted by molar-refractivity contribution is 8.18. The molecule has 2 aliphatic heterocycles. The molecule has 0 bridgehead atoms. The lowest BCUT2D eigenvalue weighted by molar-refractivity contribution is -0.122. The largest absolute Gasteiger partial charge is 0.497 e. The standard InChI is InChI=1S/C30H32FN3O3S/c1-6-34-26-16-25(31)20(14-24(26)19(2)17-30(34,3)4)15-27-28(35)33(18-23-8-7-13-37-23)29(38-27)32-21-9-11-22(36-5)12-10-21/h7-16,19H,6,17-18H2,1-5H3/b27-15+,32-29?. The zero-order valence-electron chi connectivity index (χ0n) is 22.3. The van der Waals surface area contributed by atoms with Crippen LogP contribution in [0.2, 0.25) is 0 Å². The van der Waals surface area contributed by atoms with Crippen LogP contribution in [0.1, 0.15) is 56.9 Å². The number of thioether (sulfide) groups is 1.